The summed E-state index contributed by atoms with van der Waals surface area (Å²) in [6.45, 7) is 4.56. The van der Waals surface area contributed by atoms with Gasteiger partial charge in [-0.2, -0.15) is 5.26 Å². The largest absolute Gasteiger partial charge is 0.481 e. The number of hydrogen-bond donors (Lipinski definition) is 0. The number of hydrogen-bond acceptors (Lipinski definition) is 8. The molecule has 9 nitrogen and oxygen atoms in total. The van der Waals surface area contributed by atoms with E-state index in [2.05, 4.69) is 36.9 Å². The van der Waals surface area contributed by atoms with Crippen molar-refractivity contribution >= 4 is 33.7 Å². The minimum atomic E-state index is -0.399. The predicted molar refractivity (Wildman–Crippen MR) is 139 cm³/mol. The van der Waals surface area contributed by atoms with Gasteiger partial charge in [-0.05, 0) is 59.5 Å². The number of amides is 1. The first-order chi connectivity index (χ1) is 17.5. The van der Waals surface area contributed by atoms with E-state index in [4.69, 9.17) is 14.5 Å². The normalized spacial score (nSPS) is 16.6. The molecule has 0 spiro atoms. The maximum atomic E-state index is 13.0. The van der Waals surface area contributed by atoms with Crippen LogP contribution >= 0.6 is 15.9 Å². The summed E-state index contributed by atoms with van der Waals surface area (Å²) < 4.78 is 11.6. The van der Waals surface area contributed by atoms with Crippen molar-refractivity contribution in [1.82, 2.24) is 15.0 Å². The molecular formula is C26H27BrN6O3. The fourth-order valence-corrected chi connectivity index (χ4v) is 4.66. The number of benzene rings is 1. The Morgan fingerprint density at radius 3 is 2.69 bits per heavy atom. The Balaban J connectivity index is 1.86. The molecule has 186 valence electrons. The zero-order valence-corrected chi connectivity index (χ0v) is 22.0. The molecule has 0 aliphatic carbocycles. The van der Waals surface area contributed by atoms with Crippen molar-refractivity contribution in [2.24, 2.45) is 0 Å². The van der Waals surface area contributed by atoms with Crippen LogP contribution in [0.15, 0.2) is 53.3 Å². The Kier molecular flexibility index (Phi) is 8.00. The molecule has 1 aromatic carbocycles. The number of ether oxygens (including phenoxy) is 2. The number of nitriles is 1. The summed E-state index contributed by atoms with van der Waals surface area (Å²) in [5, 5.41) is 9.41. The number of fused-ring (bicyclic) bond motifs is 1. The number of rotatable bonds is 7. The Bertz CT molecular complexity index is 1260. The van der Waals surface area contributed by atoms with Crippen LogP contribution < -0.4 is 14.5 Å². The van der Waals surface area contributed by atoms with E-state index in [1.54, 1.807) is 43.5 Å². The zero-order chi connectivity index (χ0) is 25.7. The highest BCUT2D eigenvalue weighted by molar-refractivity contribution is 9.10. The van der Waals surface area contributed by atoms with Gasteiger partial charge in [-0.15, -0.1) is 0 Å². The highest BCUT2D eigenvalue weighted by atomic mass is 79.9. The lowest BCUT2D eigenvalue weighted by atomic mass is 9.92. The van der Waals surface area contributed by atoms with E-state index < -0.39 is 6.09 Å². The van der Waals surface area contributed by atoms with Gasteiger partial charge in [-0.25, -0.2) is 19.7 Å². The number of carbonyl (C=O) groups is 1. The van der Waals surface area contributed by atoms with Crippen molar-refractivity contribution in [3.8, 4) is 11.9 Å². The molecular weight excluding hydrogens is 524 g/mol. The fourth-order valence-electron chi connectivity index (χ4n) is 4.46. The average Bonchev–Trinajstić information content (AvgIpc) is 2.91. The quantitative estimate of drug-likeness (QED) is 0.384. The van der Waals surface area contributed by atoms with Gasteiger partial charge in [0.1, 0.15) is 0 Å². The highest BCUT2D eigenvalue weighted by Crippen LogP contribution is 2.43. The molecule has 0 saturated carbocycles. The van der Waals surface area contributed by atoms with E-state index in [0.717, 1.165) is 16.5 Å². The number of aromatic nitrogens is 3. The first-order valence-electron chi connectivity index (χ1n) is 11.7. The number of anilines is 2. The standard InChI is InChI=1S/C26H27BrN6O3/c1-4-20-12-22(24-21(9-10-23(31-24)35-3)33(20)26(34)36-5-2)32(25-29-14-19(27)15-30-25)16-18-8-6-7-17(11-18)13-28/h6-11,14-15,20,22H,4-5,12,16H2,1-3H3. The predicted octanol–water partition coefficient (Wildman–Crippen LogP) is 5.41. The van der Waals surface area contributed by atoms with E-state index in [-0.39, 0.29) is 18.7 Å². The van der Waals surface area contributed by atoms with E-state index in [0.29, 0.717) is 41.7 Å². The van der Waals surface area contributed by atoms with Crippen LogP contribution in [-0.4, -0.2) is 40.8 Å². The molecule has 0 saturated heterocycles. The summed E-state index contributed by atoms with van der Waals surface area (Å²) in [6.07, 6.45) is 4.31. The van der Waals surface area contributed by atoms with Gasteiger partial charge in [-0.1, -0.05) is 19.1 Å². The van der Waals surface area contributed by atoms with Gasteiger partial charge in [-0.3, -0.25) is 4.90 Å². The summed E-state index contributed by atoms with van der Waals surface area (Å²) in [6, 6.07) is 12.9. The topological polar surface area (TPSA) is 104 Å². The van der Waals surface area contributed by atoms with Crippen molar-refractivity contribution in [2.45, 2.75) is 45.3 Å². The number of carbonyl (C=O) groups excluding carboxylic acids is 1. The van der Waals surface area contributed by atoms with Gasteiger partial charge in [0.25, 0.3) is 0 Å². The van der Waals surface area contributed by atoms with Crippen molar-refractivity contribution in [1.29, 1.82) is 5.26 Å². The summed E-state index contributed by atoms with van der Waals surface area (Å²) >= 11 is 3.41. The van der Waals surface area contributed by atoms with Gasteiger partial charge in [0.05, 0.1) is 47.2 Å². The maximum Gasteiger partial charge on any atom is 0.414 e. The first-order valence-corrected chi connectivity index (χ1v) is 12.5. The molecule has 1 amide bonds. The van der Waals surface area contributed by atoms with E-state index in [9.17, 15) is 10.1 Å². The number of halogens is 1. The number of methoxy groups -OCH3 is 1. The van der Waals surface area contributed by atoms with Crippen LogP contribution in [0.1, 0.15) is 49.6 Å². The lowest BCUT2D eigenvalue weighted by Crippen LogP contribution is -2.48. The third-order valence-corrected chi connectivity index (χ3v) is 6.52. The molecule has 0 N–H and O–H groups in total. The lowest BCUT2D eigenvalue weighted by Gasteiger charge is -2.43. The minimum absolute atomic E-state index is 0.125. The Hall–Kier alpha value is -3.71. The first kappa shape index (κ1) is 25.4. The Labute approximate surface area is 218 Å². The molecule has 0 radical (unpaired) electrons. The van der Waals surface area contributed by atoms with Gasteiger partial charge in [0, 0.05) is 31.0 Å². The second-order valence-corrected chi connectivity index (χ2v) is 9.20. The molecule has 0 bridgehead atoms. The van der Waals surface area contributed by atoms with Crippen LogP contribution in [0.25, 0.3) is 0 Å². The highest BCUT2D eigenvalue weighted by Gasteiger charge is 2.40. The fraction of sp³-hybridized carbons (Fsp3) is 0.346. The zero-order valence-electron chi connectivity index (χ0n) is 20.4. The lowest BCUT2D eigenvalue weighted by molar-refractivity contribution is 0.155. The van der Waals surface area contributed by atoms with Crippen LogP contribution in [-0.2, 0) is 11.3 Å². The van der Waals surface area contributed by atoms with Crippen LogP contribution in [0.3, 0.4) is 0 Å². The Morgan fingerprint density at radius 1 is 1.25 bits per heavy atom. The van der Waals surface area contributed by atoms with Crippen molar-refractivity contribution in [3.63, 3.8) is 0 Å². The molecule has 0 fully saturated rings. The van der Waals surface area contributed by atoms with Gasteiger partial charge < -0.3 is 14.4 Å². The third-order valence-electron chi connectivity index (χ3n) is 6.11. The van der Waals surface area contributed by atoms with Crippen molar-refractivity contribution in [3.05, 3.63) is 70.1 Å². The SMILES string of the molecule is CCOC(=O)N1c2ccc(OC)nc2C(N(Cc2cccc(C#N)c2)c2ncc(Br)cn2)CC1CC. The summed E-state index contributed by atoms with van der Waals surface area (Å²) in [5.74, 6) is 0.959. The molecule has 2 atom stereocenters. The number of pyridine rings is 1. The van der Waals surface area contributed by atoms with Crippen LogP contribution in [0.2, 0.25) is 0 Å². The van der Waals surface area contributed by atoms with E-state index in [1.165, 1.54) is 0 Å². The van der Waals surface area contributed by atoms with Crippen LogP contribution in [0.5, 0.6) is 5.88 Å². The van der Waals surface area contributed by atoms with Gasteiger partial charge in [0.15, 0.2) is 0 Å². The molecule has 3 aromatic rings. The molecule has 1 aliphatic rings. The second-order valence-electron chi connectivity index (χ2n) is 8.28. The van der Waals surface area contributed by atoms with Gasteiger partial charge >= 0.3 is 6.09 Å². The molecule has 10 heteroatoms. The summed E-state index contributed by atoms with van der Waals surface area (Å²) in [5.41, 5.74) is 2.86. The maximum absolute atomic E-state index is 13.0. The monoisotopic (exact) mass is 550 g/mol. The minimum Gasteiger partial charge on any atom is -0.481 e. The smallest absolute Gasteiger partial charge is 0.414 e. The van der Waals surface area contributed by atoms with Crippen LogP contribution in [0.4, 0.5) is 16.4 Å². The molecule has 4 rings (SSSR count). The van der Waals surface area contributed by atoms with Crippen molar-refractivity contribution in [2.75, 3.05) is 23.5 Å². The average molecular weight is 551 g/mol. The molecule has 3 heterocycles. The van der Waals surface area contributed by atoms with E-state index >= 15 is 0 Å². The Morgan fingerprint density at radius 2 is 2.03 bits per heavy atom. The van der Waals surface area contributed by atoms with Crippen LogP contribution in [0, 0.1) is 11.3 Å². The van der Waals surface area contributed by atoms with E-state index in [1.807, 2.05) is 31.2 Å². The summed E-state index contributed by atoms with van der Waals surface area (Å²) in [7, 11) is 1.56. The van der Waals surface area contributed by atoms with Gasteiger partial charge in [0.2, 0.25) is 11.8 Å². The molecule has 2 unspecified atom stereocenters. The molecule has 36 heavy (non-hydrogen) atoms. The third kappa shape index (κ3) is 5.26. The van der Waals surface area contributed by atoms with Crippen molar-refractivity contribution < 1.29 is 14.3 Å². The summed E-state index contributed by atoms with van der Waals surface area (Å²) in [4.78, 5) is 30.7. The number of nitrogens with zero attached hydrogens (tertiary/aromatic N) is 6. The molecule has 2 aromatic heterocycles. The molecule has 1 aliphatic heterocycles. The second kappa shape index (κ2) is 11.4.